The summed E-state index contributed by atoms with van der Waals surface area (Å²) in [5, 5.41) is 9.16. The molecular weight excluding hydrogens is 204 g/mol. The zero-order valence-corrected chi connectivity index (χ0v) is 8.01. The Bertz CT molecular complexity index is 713. The van der Waals surface area contributed by atoms with Crippen molar-refractivity contribution >= 4 is 11.2 Å². The lowest BCUT2D eigenvalue weighted by molar-refractivity contribution is 0.158. The van der Waals surface area contributed by atoms with Crippen LogP contribution in [0.2, 0.25) is 0 Å². The molecule has 0 atom stereocenters. The minimum absolute atomic E-state index is 0.0321. The van der Waals surface area contributed by atoms with Gasteiger partial charge in [-0.1, -0.05) is 4.73 Å². The zero-order valence-electron chi connectivity index (χ0n) is 8.01. The molecule has 0 spiro atoms. The van der Waals surface area contributed by atoms with Crippen LogP contribution < -0.4 is 16.9 Å². The molecule has 8 nitrogen and oxygen atoms in total. The molecule has 80 valence electrons. The summed E-state index contributed by atoms with van der Waals surface area (Å²) >= 11 is 0. The van der Waals surface area contributed by atoms with Crippen molar-refractivity contribution in [3.05, 3.63) is 31.3 Å². The number of aromatic amines is 1. The average Bonchev–Trinajstić information content (AvgIpc) is 2.50. The fourth-order valence-corrected chi connectivity index (χ4v) is 1.42. The Kier molecular flexibility index (Phi) is 1.63. The minimum atomic E-state index is -0.922. The first-order chi connectivity index (χ1) is 6.95. The summed E-state index contributed by atoms with van der Waals surface area (Å²) in [6.45, 7) is 0. The van der Waals surface area contributed by atoms with E-state index in [4.69, 9.17) is 5.21 Å². The van der Waals surface area contributed by atoms with Crippen LogP contribution >= 0.6 is 0 Å². The average molecular weight is 212 g/mol. The molecule has 2 aromatic rings. The molecule has 2 aromatic heterocycles. The molecule has 0 saturated heterocycles. The number of aromatic nitrogens is 4. The van der Waals surface area contributed by atoms with E-state index in [0.29, 0.717) is 0 Å². The van der Waals surface area contributed by atoms with Gasteiger partial charge in [0.05, 0.1) is 0 Å². The summed E-state index contributed by atoms with van der Waals surface area (Å²) in [6, 6.07) is 0. The van der Waals surface area contributed by atoms with E-state index in [1.165, 1.54) is 14.1 Å². The first kappa shape index (κ1) is 9.31. The van der Waals surface area contributed by atoms with Crippen molar-refractivity contribution < 1.29 is 5.21 Å². The summed E-state index contributed by atoms with van der Waals surface area (Å²) in [5.74, 6) is 0. The highest BCUT2D eigenvalue weighted by Gasteiger charge is 2.15. The molecule has 2 N–H and O–H groups in total. The summed E-state index contributed by atoms with van der Waals surface area (Å²) in [4.78, 5) is 36.3. The topological polar surface area (TPSA) is 102 Å². The maximum Gasteiger partial charge on any atom is 0.365 e. The van der Waals surface area contributed by atoms with Gasteiger partial charge >= 0.3 is 16.9 Å². The maximum atomic E-state index is 11.5. The van der Waals surface area contributed by atoms with Gasteiger partial charge in [-0.05, 0) is 0 Å². The quantitative estimate of drug-likeness (QED) is 0.491. The van der Waals surface area contributed by atoms with Crippen LogP contribution in [0, 0.1) is 0 Å². The van der Waals surface area contributed by atoms with Gasteiger partial charge in [-0.15, -0.1) is 0 Å². The van der Waals surface area contributed by atoms with Crippen molar-refractivity contribution in [2.45, 2.75) is 0 Å². The van der Waals surface area contributed by atoms with E-state index in [2.05, 4.69) is 4.98 Å². The SMILES string of the molecule is Cn1c(=O)n(O)c(=O)c2c1[nH]c(=O)n2C. The molecule has 0 saturated carbocycles. The van der Waals surface area contributed by atoms with Crippen LogP contribution in [-0.4, -0.2) is 24.1 Å². The van der Waals surface area contributed by atoms with Crippen LogP contribution in [0.4, 0.5) is 0 Å². The largest absolute Gasteiger partial charge is 0.421 e. The fourth-order valence-electron chi connectivity index (χ4n) is 1.42. The molecule has 0 aliphatic carbocycles. The maximum absolute atomic E-state index is 11.5. The summed E-state index contributed by atoms with van der Waals surface area (Å²) in [6.07, 6.45) is 0. The van der Waals surface area contributed by atoms with E-state index in [1.54, 1.807) is 0 Å². The second-order valence-electron chi connectivity index (χ2n) is 3.14. The smallest absolute Gasteiger partial charge is 0.365 e. The highest BCUT2D eigenvalue weighted by molar-refractivity contribution is 5.69. The van der Waals surface area contributed by atoms with Gasteiger partial charge in [0.2, 0.25) is 0 Å². The molecule has 2 rings (SSSR count). The minimum Gasteiger partial charge on any atom is -0.421 e. The van der Waals surface area contributed by atoms with Crippen LogP contribution in [0.5, 0.6) is 0 Å². The van der Waals surface area contributed by atoms with Gasteiger partial charge < -0.3 is 5.21 Å². The zero-order chi connectivity index (χ0) is 11.3. The first-order valence-corrected chi connectivity index (χ1v) is 4.05. The summed E-state index contributed by atoms with van der Waals surface area (Å²) in [7, 11) is 2.71. The number of H-pyrrole nitrogens is 1. The van der Waals surface area contributed by atoms with Crippen LogP contribution in [0.25, 0.3) is 11.2 Å². The Morgan fingerprint density at radius 1 is 1.13 bits per heavy atom. The van der Waals surface area contributed by atoms with E-state index in [9.17, 15) is 14.4 Å². The number of hydrogen-bond donors (Lipinski definition) is 2. The highest BCUT2D eigenvalue weighted by atomic mass is 16.5. The van der Waals surface area contributed by atoms with Crippen LogP contribution in [0.1, 0.15) is 0 Å². The van der Waals surface area contributed by atoms with E-state index >= 15 is 0 Å². The Balaban J connectivity index is 3.30. The standard InChI is InChI=1S/C7H8N4O4/c1-9-3-4(8-6(9)13)10(2)7(14)11(15)5(3)12/h15H,1-2H3,(H,8,13). The molecule has 15 heavy (non-hydrogen) atoms. The van der Waals surface area contributed by atoms with Crippen LogP contribution in [0.3, 0.4) is 0 Å². The van der Waals surface area contributed by atoms with Crippen molar-refractivity contribution in [2.24, 2.45) is 14.1 Å². The highest BCUT2D eigenvalue weighted by Crippen LogP contribution is 1.98. The van der Waals surface area contributed by atoms with Crippen molar-refractivity contribution in [2.75, 3.05) is 0 Å². The van der Waals surface area contributed by atoms with Gasteiger partial charge in [0.25, 0.3) is 0 Å². The molecule has 8 heteroatoms. The molecule has 0 fully saturated rings. The second kappa shape index (κ2) is 2.62. The molecule has 0 bridgehead atoms. The van der Waals surface area contributed by atoms with E-state index in [0.717, 1.165) is 9.13 Å². The monoisotopic (exact) mass is 212 g/mol. The van der Waals surface area contributed by atoms with Gasteiger partial charge in [0.1, 0.15) is 5.65 Å². The first-order valence-electron chi connectivity index (χ1n) is 4.05. The van der Waals surface area contributed by atoms with E-state index < -0.39 is 16.9 Å². The van der Waals surface area contributed by atoms with Gasteiger partial charge in [-0.2, -0.15) is 0 Å². The Morgan fingerprint density at radius 3 is 2.33 bits per heavy atom. The Morgan fingerprint density at radius 2 is 1.73 bits per heavy atom. The Labute approximate surface area is 81.6 Å². The van der Waals surface area contributed by atoms with Crippen molar-refractivity contribution in [1.29, 1.82) is 0 Å². The second-order valence-corrected chi connectivity index (χ2v) is 3.14. The predicted molar refractivity (Wildman–Crippen MR) is 50.2 cm³/mol. The molecule has 0 amide bonds. The molecule has 0 aromatic carbocycles. The molecule has 0 radical (unpaired) electrons. The van der Waals surface area contributed by atoms with Crippen LogP contribution in [0.15, 0.2) is 14.4 Å². The number of fused-ring (bicyclic) bond motifs is 1. The molecule has 2 heterocycles. The lowest BCUT2D eigenvalue weighted by Gasteiger charge is -2.01. The summed E-state index contributed by atoms with van der Waals surface area (Å²) in [5.41, 5.74) is -2.32. The number of imidazole rings is 1. The molecule has 0 aliphatic heterocycles. The van der Waals surface area contributed by atoms with Crippen molar-refractivity contribution in [3.63, 3.8) is 0 Å². The third-order valence-corrected chi connectivity index (χ3v) is 2.29. The van der Waals surface area contributed by atoms with Crippen molar-refractivity contribution in [3.8, 4) is 0 Å². The number of hydrogen-bond acceptors (Lipinski definition) is 4. The van der Waals surface area contributed by atoms with E-state index in [-0.39, 0.29) is 15.9 Å². The Hall–Kier alpha value is -2.25. The van der Waals surface area contributed by atoms with Gasteiger partial charge in [-0.25, -0.2) is 9.59 Å². The number of rotatable bonds is 0. The summed E-state index contributed by atoms with van der Waals surface area (Å²) < 4.78 is 1.98. The number of nitrogens with zero attached hydrogens (tertiary/aromatic N) is 3. The third kappa shape index (κ3) is 0.981. The number of nitrogens with one attached hydrogen (secondary N) is 1. The number of aryl methyl sites for hydroxylation is 2. The third-order valence-electron chi connectivity index (χ3n) is 2.29. The van der Waals surface area contributed by atoms with Gasteiger partial charge in [0, 0.05) is 14.1 Å². The molecule has 0 aliphatic rings. The van der Waals surface area contributed by atoms with Gasteiger partial charge in [-0.3, -0.25) is 18.9 Å². The predicted octanol–water partition coefficient (Wildman–Crippen LogP) is -2.04. The lowest BCUT2D eigenvalue weighted by atomic mass is 10.5. The van der Waals surface area contributed by atoms with Gasteiger partial charge in [0.15, 0.2) is 5.52 Å². The van der Waals surface area contributed by atoms with Crippen LogP contribution in [-0.2, 0) is 14.1 Å². The fraction of sp³-hybridized carbons (Fsp3) is 0.286. The van der Waals surface area contributed by atoms with Crippen molar-refractivity contribution in [1.82, 2.24) is 18.8 Å². The molecular formula is C7H8N4O4. The lowest BCUT2D eigenvalue weighted by Crippen LogP contribution is -2.38. The molecule has 0 unspecified atom stereocenters. The van der Waals surface area contributed by atoms with E-state index in [1.807, 2.05) is 0 Å². The normalized spacial score (nSPS) is 11.1.